The molecule has 0 amide bonds. The van der Waals surface area contributed by atoms with Crippen molar-refractivity contribution in [1.29, 1.82) is 0 Å². The van der Waals surface area contributed by atoms with Crippen LogP contribution >= 0.6 is 11.8 Å². The number of carboxylic acid groups (broad SMARTS) is 1. The Morgan fingerprint density at radius 2 is 2.38 bits per heavy atom. The molecule has 1 aromatic rings. The molecule has 1 unspecified atom stereocenters. The molecule has 0 aliphatic carbocycles. The molecule has 0 radical (unpaired) electrons. The molecule has 0 saturated heterocycles. The minimum absolute atomic E-state index is 0.347. The van der Waals surface area contributed by atoms with Gasteiger partial charge in [-0.3, -0.25) is 9.48 Å². The third-order valence-electron chi connectivity index (χ3n) is 2.06. The molecule has 6 heteroatoms. The maximum atomic E-state index is 10.5. The molecule has 1 aromatic heterocycles. The standard InChI is InChI=1S/C10H17N3O2S/c1-7(2)13-4-3-8(12-13)5-16-6-9(11)10(14)15/h3-4,7,9H,5-6,11H2,1-2H3,(H,14,15). The molecule has 0 spiro atoms. The first-order valence-electron chi connectivity index (χ1n) is 5.11. The van der Waals surface area contributed by atoms with Gasteiger partial charge in [0.15, 0.2) is 0 Å². The quantitative estimate of drug-likeness (QED) is 0.782. The van der Waals surface area contributed by atoms with E-state index in [9.17, 15) is 4.79 Å². The fraction of sp³-hybridized carbons (Fsp3) is 0.600. The smallest absolute Gasteiger partial charge is 0.321 e. The van der Waals surface area contributed by atoms with Crippen molar-refractivity contribution in [1.82, 2.24) is 9.78 Å². The normalized spacial score (nSPS) is 13.0. The van der Waals surface area contributed by atoms with Gasteiger partial charge >= 0.3 is 5.97 Å². The molecular formula is C10H17N3O2S. The van der Waals surface area contributed by atoms with Crippen LogP contribution in [0.1, 0.15) is 25.6 Å². The molecule has 3 N–H and O–H groups in total. The van der Waals surface area contributed by atoms with Crippen molar-refractivity contribution >= 4 is 17.7 Å². The number of aliphatic carboxylic acids is 1. The summed E-state index contributed by atoms with van der Waals surface area (Å²) >= 11 is 1.49. The summed E-state index contributed by atoms with van der Waals surface area (Å²) in [5, 5.41) is 13.0. The zero-order valence-electron chi connectivity index (χ0n) is 9.46. The predicted molar refractivity (Wildman–Crippen MR) is 64.4 cm³/mol. The Kier molecular flexibility index (Phi) is 4.82. The first-order chi connectivity index (χ1) is 7.50. The van der Waals surface area contributed by atoms with Crippen LogP contribution in [0.15, 0.2) is 12.3 Å². The van der Waals surface area contributed by atoms with E-state index in [1.54, 1.807) is 0 Å². The zero-order chi connectivity index (χ0) is 12.1. The molecule has 0 aliphatic heterocycles. The molecule has 16 heavy (non-hydrogen) atoms. The number of nitrogens with two attached hydrogens (primary N) is 1. The number of hydrogen-bond acceptors (Lipinski definition) is 4. The number of aromatic nitrogens is 2. The highest BCUT2D eigenvalue weighted by Crippen LogP contribution is 2.12. The molecular weight excluding hydrogens is 226 g/mol. The molecule has 1 rings (SSSR count). The van der Waals surface area contributed by atoms with E-state index in [-0.39, 0.29) is 0 Å². The Balaban J connectivity index is 2.34. The highest BCUT2D eigenvalue weighted by Gasteiger charge is 2.11. The van der Waals surface area contributed by atoms with E-state index in [0.29, 0.717) is 17.5 Å². The first kappa shape index (κ1) is 13.1. The van der Waals surface area contributed by atoms with E-state index in [1.807, 2.05) is 16.9 Å². The average molecular weight is 243 g/mol. The van der Waals surface area contributed by atoms with Crippen LogP contribution in [0, 0.1) is 0 Å². The molecule has 0 aromatic carbocycles. The van der Waals surface area contributed by atoms with Crippen molar-refractivity contribution < 1.29 is 9.90 Å². The van der Waals surface area contributed by atoms with Crippen LogP contribution in [0.2, 0.25) is 0 Å². The van der Waals surface area contributed by atoms with E-state index in [4.69, 9.17) is 10.8 Å². The third kappa shape index (κ3) is 3.86. The van der Waals surface area contributed by atoms with Crippen LogP contribution in [0.25, 0.3) is 0 Å². The van der Waals surface area contributed by atoms with Gasteiger partial charge in [0.2, 0.25) is 0 Å². The molecule has 1 heterocycles. The van der Waals surface area contributed by atoms with Gasteiger partial charge in [0.1, 0.15) is 6.04 Å². The van der Waals surface area contributed by atoms with Crippen molar-refractivity contribution in [2.75, 3.05) is 5.75 Å². The van der Waals surface area contributed by atoms with Crippen LogP contribution in [-0.4, -0.2) is 32.7 Å². The van der Waals surface area contributed by atoms with Crippen LogP contribution in [0.4, 0.5) is 0 Å². The summed E-state index contributed by atoms with van der Waals surface area (Å²) < 4.78 is 1.88. The summed E-state index contributed by atoms with van der Waals surface area (Å²) in [4.78, 5) is 10.5. The van der Waals surface area contributed by atoms with Crippen molar-refractivity contribution in [3.63, 3.8) is 0 Å². The van der Waals surface area contributed by atoms with Gasteiger partial charge in [-0.1, -0.05) is 0 Å². The van der Waals surface area contributed by atoms with Crippen molar-refractivity contribution in [2.45, 2.75) is 31.7 Å². The minimum Gasteiger partial charge on any atom is -0.480 e. The Bertz CT molecular complexity index is 352. The van der Waals surface area contributed by atoms with E-state index in [2.05, 4.69) is 18.9 Å². The number of nitrogens with zero attached hydrogens (tertiary/aromatic N) is 2. The Labute approximate surface area is 99.0 Å². The van der Waals surface area contributed by atoms with E-state index in [0.717, 1.165) is 5.69 Å². The van der Waals surface area contributed by atoms with Crippen molar-refractivity contribution in [2.24, 2.45) is 5.73 Å². The summed E-state index contributed by atoms with van der Waals surface area (Å²) in [5.74, 6) is 0.144. The molecule has 0 saturated carbocycles. The van der Waals surface area contributed by atoms with E-state index >= 15 is 0 Å². The second kappa shape index (κ2) is 5.91. The highest BCUT2D eigenvalue weighted by atomic mass is 32.2. The second-order valence-corrected chi connectivity index (χ2v) is 4.87. The lowest BCUT2D eigenvalue weighted by molar-refractivity contribution is -0.137. The summed E-state index contributed by atoms with van der Waals surface area (Å²) in [6, 6.07) is 1.50. The Hall–Kier alpha value is -1.01. The SMILES string of the molecule is CC(C)n1ccc(CSCC(N)C(=O)O)n1. The number of hydrogen-bond donors (Lipinski definition) is 2. The van der Waals surface area contributed by atoms with Crippen molar-refractivity contribution in [3.05, 3.63) is 18.0 Å². The molecule has 0 fully saturated rings. The van der Waals surface area contributed by atoms with Gasteiger partial charge in [-0.2, -0.15) is 16.9 Å². The predicted octanol–water partition coefficient (Wildman–Crippen LogP) is 1.11. The zero-order valence-corrected chi connectivity index (χ0v) is 10.3. The lowest BCUT2D eigenvalue weighted by Crippen LogP contribution is -2.32. The van der Waals surface area contributed by atoms with Crippen molar-refractivity contribution in [3.8, 4) is 0 Å². The van der Waals surface area contributed by atoms with Crippen LogP contribution < -0.4 is 5.73 Å². The van der Waals surface area contributed by atoms with E-state index < -0.39 is 12.0 Å². The van der Waals surface area contributed by atoms with Crippen LogP contribution in [0.5, 0.6) is 0 Å². The summed E-state index contributed by atoms with van der Waals surface area (Å²) in [6.45, 7) is 4.12. The first-order valence-corrected chi connectivity index (χ1v) is 6.26. The fourth-order valence-corrected chi connectivity index (χ4v) is 1.98. The molecule has 90 valence electrons. The topological polar surface area (TPSA) is 81.1 Å². The van der Waals surface area contributed by atoms with Gasteiger partial charge in [0.25, 0.3) is 0 Å². The van der Waals surface area contributed by atoms with Crippen LogP contribution in [-0.2, 0) is 10.5 Å². The lowest BCUT2D eigenvalue weighted by Gasteiger charge is -2.05. The average Bonchev–Trinajstić information content (AvgIpc) is 2.66. The number of carbonyl (C=O) groups is 1. The summed E-state index contributed by atoms with van der Waals surface area (Å²) in [6.07, 6.45) is 1.93. The van der Waals surface area contributed by atoms with Crippen LogP contribution in [0.3, 0.4) is 0 Å². The number of rotatable bonds is 6. The summed E-state index contributed by atoms with van der Waals surface area (Å²) in [5.41, 5.74) is 6.34. The van der Waals surface area contributed by atoms with Gasteiger partial charge in [-0.15, -0.1) is 0 Å². The van der Waals surface area contributed by atoms with E-state index in [1.165, 1.54) is 11.8 Å². The largest absolute Gasteiger partial charge is 0.480 e. The van der Waals surface area contributed by atoms with Gasteiger partial charge in [-0.05, 0) is 19.9 Å². The monoisotopic (exact) mass is 243 g/mol. The third-order valence-corrected chi connectivity index (χ3v) is 3.15. The van der Waals surface area contributed by atoms with Gasteiger partial charge in [0.05, 0.1) is 5.69 Å². The number of thioether (sulfide) groups is 1. The maximum Gasteiger partial charge on any atom is 0.321 e. The molecule has 0 aliphatic rings. The molecule has 1 atom stereocenters. The Morgan fingerprint density at radius 3 is 2.88 bits per heavy atom. The lowest BCUT2D eigenvalue weighted by atomic mass is 10.4. The fourth-order valence-electron chi connectivity index (χ4n) is 1.10. The maximum absolute atomic E-state index is 10.5. The minimum atomic E-state index is -0.958. The summed E-state index contributed by atoms with van der Waals surface area (Å²) in [7, 11) is 0. The molecule has 0 bridgehead atoms. The van der Waals surface area contributed by atoms with Gasteiger partial charge in [0, 0.05) is 23.7 Å². The highest BCUT2D eigenvalue weighted by molar-refractivity contribution is 7.98. The van der Waals surface area contributed by atoms with Gasteiger partial charge in [-0.25, -0.2) is 0 Å². The second-order valence-electron chi connectivity index (χ2n) is 3.84. The molecule has 5 nitrogen and oxygen atoms in total. The Morgan fingerprint density at radius 1 is 1.69 bits per heavy atom. The number of carboxylic acids is 1. The van der Waals surface area contributed by atoms with Gasteiger partial charge < -0.3 is 10.8 Å².